The highest BCUT2D eigenvalue weighted by atomic mass is 35.7. The molecule has 3 rings (SSSR count). The standard InChI is InChI=1S/C13H13ClO2P4/c1-6-2-7(17)3-9-10-4-8(18)5-11(19)13(10)16-20(14)15-12(6)9/h2-5H,17-19H2,1H3. The predicted molar refractivity (Wildman–Crippen MR) is 100 cm³/mol. The van der Waals surface area contributed by atoms with Crippen LogP contribution >= 0.6 is 46.3 Å². The largest absolute Gasteiger partial charge is 0.408 e. The number of rotatable bonds is 0. The first kappa shape index (κ1) is 14.8. The summed E-state index contributed by atoms with van der Waals surface area (Å²) in [5.74, 6) is 0. The van der Waals surface area contributed by atoms with Gasteiger partial charge in [-0.05, 0) is 47.4 Å². The summed E-state index contributed by atoms with van der Waals surface area (Å²) in [6.07, 6.45) is 0. The summed E-state index contributed by atoms with van der Waals surface area (Å²) in [7, 11) is 6.64. The van der Waals surface area contributed by atoms with E-state index in [4.69, 9.17) is 19.6 Å². The number of hydrogen-bond donors (Lipinski definition) is 0. The third-order valence-electron chi connectivity index (χ3n) is 3.05. The van der Waals surface area contributed by atoms with Crippen LogP contribution in [0, 0.1) is 6.92 Å². The molecule has 0 saturated heterocycles. The van der Waals surface area contributed by atoms with E-state index < -0.39 is 7.37 Å². The molecule has 2 aromatic carbocycles. The Balaban J connectivity index is 2.70. The van der Waals surface area contributed by atoms with Crippen molar-refractivity contribution in [1.82, 2.24) is 0 Å². The Hall–Kier alpha value is -0.0800. The van der Waals surface area contributed by atoms with Gasteiger partial charge in [0.15, 0.2) is 0 Å². The quantitative estimate of drug-likeness (QED) is 0.564. The molecule has 0 amide bonds. The fourth-order valence-corrected chi connectivity index (χ4v) is 4.91. The molecule has 0 saturated carbocycles. The van der Waals surface area contributed by atoms with Crippen molar-refractivity contribution in [3.8, 4) is 0 Å². The number of hydrogen-bond acceptors (Lipinski definition) is 2. The van der Waals surface area contributed by atoms with Crippen LogP contribution in [0.5, 0.6) is 0 Å². The molecule has 104 valence electrons. The van der Waals surface area contributed by atoms with Crippen LogP contribution in [-0.4, -0.2) is 0 Å². The van der Waals surface area contributed by atoms with Crippen LogP contribution in [0.15, 0.2) is 32.7 Å². The minimum Gasteiger partial charge on any atom is -0.408 e. The minimum atomic E-state index is -1.50. The second-order valence-electron chi connectivity index (χ2n) is 4.60. The van der Waals surface area contributed by atoms with Gasteiger partial charge in [-0.1, -0.05) is 0 Å². The highest BCUT2D eigenvalue weighted by Gasteiger charge is 2.10. The van der Waals surface area contributed by atoms with Crippen molar-refractivity contribution in [2.45, 2.75) is 6.92 Å². The van der Waals surface area contributed by atoms with Crippen molar-refractivity contribution in [3.63, 3.8) is 0 Å². The van der Waals surface area contributed by atoms with Gasteiger partial charge in [0, 0.05) is 27.3 Å². The van der Waals surface area contributed by atoms with Gasteiger partial charge in [0.25, 0.3) is 0 Å². The molecule has 4 unspecified atom stereocenters. The average Bonchev–Trinajstić information content (AvgIpc) is 2.48. The van der Waals surface area contributed by atoms with E-state index in [1.54, 1.807) is 0 Å². The molecule has 20 heavy (non-hydrogen) atoms. The normalized spacial score (nSPS) is 12.2. The Morgan fingerprint density at radius 2 is 1.45 bits per heavy atom. The number of halogens is 1. The first-order chi connectivity index (χ1) is 9.45. The zero-order valence-corrected chi connectivity index (χ0v) is 15.8. The Kier molecular flexibility index (Phi) is 4.16. The van der Waals surface area contributed by atoms with Crippen molar-refractivity contribution in [1.29, 1.82) is 0 Å². The van der Waals surface area contributed by atoms with Gasteiger partial charge >= 0.3 is 7.37 Å². The lowest BCUT2D eigenvalue weighted by molar-refractivity contribution is 0.656. The molecule has 0 radical (unpaired) electrons. The van der Waals surface area contributed by atoms with Crippen LogP contribution in [-0.2, 0) is 0 Å². The van der Waals surface area contributed by atoms with E-state index in [-0.39, 0.29) is 0 Å². The first-order valence-electron chi connectivity index (χ1n) is 5.87. The summed E-state index contributed by atoms with van der Waals surface area (Å²) in [5, 5.41) is 5.20. The third-order valence-corrected chi connectivity index (χ3v) is 5.22. The third kappa shape index (κ3) is 2.66. The van der Waals surface area contributed by atoms with Gasteiger partial charge in [-0.25, -0.2) is 0 Å². The maximum absolute atomic E-state index is 6.20. The molecule has 1 heterocycles. The SMILES string of the molecule is Cc1cc(P)cc2c1op(Cl)oc1c(P)cc(P)cc12. The van der Waals surface area contributed by atoms with Gasteiger partial charge in [0.2, 0.25) is 0 Å². The first-order valence-corrected chi connectivity index (χ1v) is 9.68. The van der Waals surface area contributed by atoms with Gasteiger partial charge in [-0.2, -0.15) is 0 Å². The summed E-state index contributed by atoms with van der Waals surface area (Å²) in [6, 6.07) is 8.23. The van der Waals surface area contributed by atoms with E-state index in [9.17, 15) is 0 Å². The van der Waals surface area contributed by atoms with Crippen molar-refractivity contribution in [2.75, 3.05) is 0 Å². The molecule has 0 aliphatic carbocycles. The van der Waals surface area contributed by atoms with Crippen LogP contribution in [0.4, 0.5) is 0 Å². The highest BCUT2D eigenvalue weighted by Crippen LogP contribution is 2.38. The molecule has 4 atom stereocenters. The second kappa shape index (κ2) is 5.61. The second-order valence-corrected chi connectivity index (χ2v) is 8.17. The lowest BCUT2D eigenvalue weighted by Gasteiger charge is -2.03. The zero-order valence-electron chi connectivity index (χ0n) is 10.7. The van der Waals surface area contributed by atoms with E-state index in [0.29, 0.717) is 0 Å². The van der Waals surface area contributed by atoms with E-state index in [1.165, 1.54) is 0 Å². The average molecular weight is 361 g/mol. The lowest BCUT2D eigenvalue weighted by atomic mass is 10.1. The maximum Gasteiger partial charge on any atom is 0.327 e. The Labute approximate surface area is 129 Å². The Morgan fingerprint density at radius 3 is 2.15 bits per heavy atom. The number of aryl methyl sites for hydroxylation is 1. The fraction of sp³-hybridized carbons (Fsp3) is 0.0769. The summed E-state index contributed by atoms with van der Waals surface area (Å²) in [4.78, 5) is 0. The van der Waals surface area contributed by atoms with Gasteiger partial charge in [-0.15, -0.1) is 27.7 Å². The van der Waals surface area contributed by atoms with Crippen molar-refractivity contribution in [3.05, 3.63) is 29.8 Å². The van der Waals surface area contributed by atoms with Crippen molar-refractivity contribution >= 4 is 84.2 Å². The molecule has 0 fully saturated rings. The van der Waals surface area contributed by atoms with Gasteiger partial charge in [0.1, 0.15) is 11.2 Å². The summed E-state index contributed by atoms with van der Waals surface area (Å²) in [6.45, 7) is 2.02. The summed E-state index contributed by atoms with van der Waals surface area (Å²) < 4.78 is 11.6. The van der Waals surface area contributed by atoms with Crippen LogP contribution in [0.25, 0.3) is 21.9 Å². The lowest BCUT2D eigenvalue weighted by Crippen LogP contribution is -2.01. The molecule has 7 heteroatoms. The van der Waals surface area contributed by atoms with Crippen LogP contribution in [0.2, 0.25) is 0 Å². The zero-order chi connectivity index (χ0) is 14.4. The molecule has 3 aromatic rings. The minimum absolute atomic E-state index is 0.774. The molecule has 0 spiro atoms. The maximum atomic E-state index is 6.20. The molecule has 1 aromatic heterocycles. The Bertz CT molecular complexity index is 803. The van der Waals surface area contributed by atoms with E-state index in [2.05, 4.69) is 45.9 Å². The molecule has 0 aliphatic rings. The van der Waals surface area contributed by atoms with Gasteiger partial charge in [-0.3, -0.25) is 0 Å². The molecular weight excluding hydrogens is 347 g/mol. The number of fused-ring (bicyclic) bond motifs is 3. The summed E-state index contributed by atoms with van der Waals surface area (Å²) >= 11 is 6.20. The van der Waals surface area contributed by atoms with Crippen LogP contribution in [0.1, 0.15) is 5.56 Å². The Morgan fingerprint density at radius 1 is 0.900 bits per heavy atom. The number of benzene rings is 2. The fourth-order valence-electron chi connectivity index (χ4n) is 2.26. The van der Waals surface area contributed by atoms with Crippen molar-refractivity contribution < 1.29 is 8.39 Å². The van der Waals surface area contributed by atoms with E-state index in [1.807, 2.05) is 13.0 Å². The van der Waals surface area contributed by atoms with E-state index in [0.717, 1.165) is 43.4 Å². The molecule has 0 aliphatic heterocycles. The highest BCUT2D eigenvalue weighted by molar-refractivity contribution is 7.68. The molecular formula is C13H13ClO2P4. The van der Waals surface area contributed by atoms with Crippen molar-refractivity contribution in [2.24, 2.45) is 0 Å². The molecule has 0 bridgehead atoms. The van der Waals surface area contributed by atoms with Crippen LogP contribution in [0.3, 0.4) is 0 Å². The molecule has 0 N–H and O–H groups in total. The smallest absolute Gasteiger partial charge is 0.327 e. The summed E-state index contributed by atoms with van der Waals surface area (Å²) in [5.41, 5.74) is 2.63. The van der Waals surface area contributed by atoms with Crippen LogP contribution < -0.4 is 15.9 Å². The topological polar surface area (TPSA) is 26.3 Å². The van der Waals surface area contributed by atoms with Gasteiger partial charge in [0.05, 0.1) is 0 Å². The molecule has 2 nitrogen and oxygen atoms in total. The van der Waals surface area contributed by atoms with E-state index >= 15 is 0 Å². The predicted octanol–water partition coefficient (Wildman–Crippen LogP) is 4.10. The van der Waals surface area contributed by atoms with Gasteiger partial charge < -0.3 is 8.39 Å². The monoisotopic (exact) mass is 360 g/mol.